The summed E-state index contributed by atoms with van der Waals surface area (Å²) in [7, 11) is -2.32. The van der Waals surface area contributed by atoms with Gasteiger partial charge in [-0.25, -0.2) is 0 Å². The zero-order valence-electron chi connectivity index (χ0n) is 6.18. The molecule has 0 N–H and O–H groups in total. The van der Waals surface area contributed by atoms with Gasteiger partial charge >= 0.3 is 8.32 Å². The average molecular weight is 154 g/mol. The summed E-state index contributed by atoms with van der Waals surface area (Å²) in [4.78, 5) is 10.4. The highest BCUT2D eigenvalue weighted by Crippen LogP contribution is 2.03. The van der Waals surface area contributed by atoms with E-state index < -0.39 is 8.32 Å². The minimum Gasteiger partial charge on any atom is -0.504 e. The Morgan fingerprint density at radius 3 is 2.50 bits per heavy atom. The van der Waals surface area contributed by atoms with E-state index in [9.17, 15) is 4.79 Å². The van der Waals surface area contributed by atoms with E-state index in [-0.39, 0.29) is 5.97 Å². The Morgan fingerprint density at radius 1 is 1.90 bits per heavy atom. The lowest BCUT2D eigenvalue weighted by atomic mass is 10.9. The first-order valence-electron chi connectivity index (χ1n) is 2.85. The second kappa shape index (κ2) is 3.23. The predicted octanol–water partition coefficient (Wildman–Crippen LogP) is 1.02. The number of hydrogen-bond acceptors (Lipinski definition) is 2. The fourth-order valence-corrected chi connectivity index (χ4v) is 1.29. The van der Waals surface area contributed by atoms with Gasteiger partial charge < -0.3 is 4.43 Å². The number of hydrogen-bond donors (Lipinski definition) is 0. The molecular formula is C7H10O2Si. The van der Waals surface area contributed by atoms with Crippen LogP contribution in [0.2, 0.25) is 6.55 Å². The Morgan fingerprint density at radius 2 is 2.40 bits per heavy atom. The van der Waals surface area contributed by atoms with Gasteiger partial charge in [-0.2, -0.15) is 0 Å². The third-order valence-corrected chi connectivity index (χ3v) is 3.10. The maximum absolute atomic E-state index is 10.4. The molecule has 3 heteroatoms. The second-order valence-corrected chi connectivity index (χ2v) is 5.16. The summed E-state index contributed by atoms with van der Waals surface area (Å²) < 4.78 is 4.88. The Labute approximate surface area is 62.0 Å². The molecule has 0 spiro atoms. The smallest absolute Gasteiger partial charge is 0.354 e. The van der Waals surface area contributed by atoms with Crippen molar-refractivity contribution in [3.05, 3.63) is 12.3 Å². The zero-order chi connectivity index (χ0) is 8.20. The molecule has 10 heavy (non-hydrogen) atoms. The van der Waals surface area contributed by atoms with Crippen LogP contribution in [0.5, 0.6) is 0 Å². The molecule has 0 saturated heterocycles. The molecule has 0 rings (SSSR count). The fourth-order valence-electron chi connectivity index (χ4n) is 0.429. The molecule has 0 aliphatic carbocycles. The lowest BCUT2D eigenvalue weighted by molar-refractivity contribution is -0.132. The van der Waals surface area contributed by atoms with Crippen molar-refractivity contribution in [1.82, 2.24) is 0 Å². The molecule has 0 aromatic carbocycles. The van der Waals surface area contributed by atoms with E-state index in [1.54, 1.807) is 12.2 Å². The van der Waals surface area contributed by atoms with E-state index in [2.05, 4.69) is 12.1 Å². The summed E-state index contributed by atoms with van der Waals surface area (Å²) >= 11 is 0. The predicted molar refractivity (Wildman–Crippen MR) is 42.4 cm³/mol. The summed E-state index contributed by atoms with van der Waals surface area (Å²) in [6.45, 7) is 6.58. The Hall–Kier alpha value is -1.01. The quantitative estimate of drug-likeness (QED) is 0.438. The molecule has 0 aromatic rings. The molecule has 1 unspecified atom stereocenters. The second-order valence-electron chi connectivity index (χ2n) is 2.05. The van der Waals surface area contributed by atoms with E-state index in [1.807, 2.05) is 0 Å². The van der Waals surface area contributed by atoms with E-state index in [0.717, 1.165) is 0 Å². The average Bonchev–Trinajstić information content (AvgIpc) is 1.87. The Bertz CT molecular complexity index is 192. The van der Waals surface area contributed by atoms with Gasteiger partial charge in [-0.15, -0.1) is 13.0 Å². The topological polar surface area (TPSA) is 26.3 Å². The van der Waals surface area contributed by atoms with E-state index in [0.29, 0.717) is 0 Å². The summed E-state index contributed by atoms with van der Waals surface area (Å²) in [5.74, 6) is -0.341. The van der Waals surface area contributed by atoms with Crippen molar-refractivity contribution < 1.29 is 9.22 Å². The molecule has 54 valence electrons. The van der Waals surface area contributed by atoms with Gasteiger partial charge in [-0.05, 0) is 6.55 Å². The molecule has 0 radical (unpaired) electrons. The van der Waals surface area contributed by atoms with Crippen molar-refractivity contribution in [2.75, 3.05) is 0 Å². The van der Waals surface area contributed by atoms with Gasteiger partial charge in [0, 0.05) is 6.92 Å². The highest BCUT2D eigenvalue weighted by molar-refractivity contribution is 6.86. The van der Waals surface area contributed by atoms with E-state index in [4.69, 9.17) is 10.8 Å². The van der Waals surface area contributed by atoms with E-state index >= 15 is 0 Å². The van der Waals surface area contributed by atoms with Crippen LogP contribution in [-0.4, -0.2) is 14.3 Å². The summed E-state index contributed by atoms with van der Waals surface area (Å²) in [6.07, 6.45) is 5.13. The summed E-state index contributed by atoms with van der Waals surface area (Å²) in [6, 6.07) is 0. The molecule has 0 saturated carbocycles. The molecule has 2 nitrogen and oxygen atoms in total. The SMILES string of the molecule is C#C[Si](C)(C=C)OC(C)=O. The van der Waals surface area contributed by atoms with Gasteiger partial charge in [0.05, 0.1) is 0 Å². The van der Waals surface area contributed by atoms with Gasteiger partial charge in [-0.3, -0.25) is 4.79 Å². The fraction of sp³-hybridized carbons (Fsp3) is 0.286. The van der Waals surface area contributed by atoms with Crippen LogP contribution in [0.4, 0.5) is 0 Å². The molecule has 0 amide bonds. The molecule has 1 atom stereocenters. The van der Waals surface area contributed by atoms with Crippen LogP contribution in [0.1, 0.15) is 6.92 Å². The lowest BCUT2D eigenvalue weighted by Crippen LogP contribution is -2.32. The van der Waals surface area contributed by atoms with Crippen molar-refractivity contribution in [3.63, 3.8) is 0 Å². The maximum atomic E-state index is 10.4. The normalized spacial score (nSPS) is 14.5. The summed E-state index contributed by atoms with van der Waals surface area (Å²) in [5.41, 5.74) is 3.99. The van der Waals surface area contributed by atoms with Gasteiger partial charge in [-0.1, -0.05) is 11.2 Å². The minimum atomic E-state index is -2.32. The number of carbonyl (C=O) groups is 1. The van der Waals surface area contributed by atoms with E-state index in [1.165, 1.54) is 6.92 Å². The molecule has 0 aromatic heterocycles. The van der Waals surface area contributed by atoms with Crippen LogP contribution in [0.3, 0.4) is 0 Å². The number of rotatable bonds is 2. The van der Waals surface area contributed by atoms with Gasteiger partial charge in [0.1, 0.15) is 0 Å². The monoisotopic (exact) mass is 154 g/mol. The van der Waals surface area contributed by atoms with Crippen LogP contribution in [-0.2, 0) is 9.22 Å². The highest BCUT2D eigenvalue weighted by atomic mass is 28.4. The first-order chi connectivity index (χ1) is 4.54. The third kappa shape index (κ3) is 2.51. The van der Waals surface area contributed by atoms with Crippen LogP contribution in [0.25, 0.3) is 0 Å². The zero-order valence-corrected chi connectivity index (χ0v) is 7.18. The van der Waals surface area contributed by atoms with Gasteiger partial charge in [0.15, 0.2) is 0 Å². The van der Waals surface area contributed by atoms with Crippen LogP contribution in [0.15, 0.2) is 12.3 Å². The number of terminal acetylenes is 1. The van der Waals surface area contributed by atoms with Gasteiger partial charge in [0.25, 0.3) is 5.97 Å². The molecule has 0 bridgehead atoms. The molecule has 0 heterocycles. The Kier molecular flexibility index (Phi) is 2.90. The van der Waals surface area contributed by atoms with Crippen LogP contribution in [0, 0.1) is 12.0 Å². The molecule has 0 fully saturated rings. The number of carbonyl (C=O) groups excluding carboxylic acids is 1. The third-order valence-electron chi connectivity index (χ3n) is 1.03. The largest absolute Gasteiger partial charge is 0.504 e. The standard InChI is InChI=1S/C7H10O2Si/c1-5-10(4,6-2)9-7(3)8/h1,6H,2H2,3-4H3. The minimum absolute atomic E-state index is 0.341. The molecule has 0 aliphatic rings. The first-order valence-corrected chi connectivity index (χ1v) is 5.33. The first kappa shape index (κ1) is 8.99. The molecular weight excluding hydrogens is 144 g/mol. The molecule has 0 aliphatic heterocycles. The summed E-state index contributed by atoms with van der Waals surface area (Å²) in [5, 5.41) is 0. The van der Waals surface area contributed by atoms with Crippen LogP contribution >= 0.6 is 0 Å². The lowest BCUT2D eigenvalue weighted by Gasteiger charge is -2.14. The van der Waals surface area contributed by atoms with Crippen molar-refractivity contribution >= 4 is 14.3 Å². The van der Waals surface area contributed by atoms with Crippen LogP contribution < -0.4 is 0 Å². The van der Waals surface area contributed by atoms with Crippen molar-refractivity contribution in [3.8, 4) is 12.0 Å². The van der Waals surface area contributed by atoms with Crippen molar-refractivity contribution in [2.45, 2.75) is 13.5 Å². The Balaban J connectivity index is 4.24. The van der Waals surface area contributed by atoms with Gasteiger partial charge in [0.2, 0.25) is 0 Å². The van der Waals surface area contributed by atoms with Crippen molar-refractivity contribution in [2.24, 2.45) is 0 Å². The maximum Gasteiger partial charge on any atom is 0.354 e. The highest BCUT2D eigenvalue weighted by Gasteiger charge is 2.24. The van der Waals surface area contributed by atoms with Crippen molar-refractivity contribution in [1.29, 1.82) is 0 Å².